The molecule has 0 radical (unpaired) electrons. The van der Waals surface area contributed by atoms with Gasteiger partial charge in [-0.3, -0.25) is 14.4 Å². The molecule has 108 valence electrons. The van der Waals surface area contributed by atoms with Gasteiger partial charge >= 0.3 is 11.9 Å². The van der Waals surface area contributed by atoms with Gasteiger partial charge in [0.25, 0.3) is 0 Å². The van der Waals surface area contributed by atoms with Crippen molar-refractivity contribution in [3.05, 3.63) is 35.9 Å². The minimum atomic E-state index is -0.990. The number of carboxylic acid groups (broad SMARTS) is 2. The van der Waals surface area contributed by atoms with Gasteiger partial charge in [-0.05, 0) is 5.56 Å². The lowest BCUT2D eigenvalue weighted by Gasteiger charge is -2.15. The topological polar surface area (TPSA) is 104 Å². The minimum absolute atomic E-state index is 0.0237. The van der Waals surface area contributed by atoms with Crippen LogP contribution >= 0.6 is 0 Å². The summed E-state index contributed by atoms with van der Waals surface area (Å²) in [6.45, 7) is 0.0444. The molecular weight excluding hydrogens is 262 g/mol. The zero-order valence-corrected chi connectivity index (χ0v) is 10.9. The van der Waals surface area contributed by atoms with Gasteiger partial charge in [0.2, 0.25) is 5.91 Å². The number of hydrogen-bond acceptors (Lipinski definition) is 3. The smallest absolute Gasteiger partial charge is 0.305 e. The molecule has 1 unspecified atom stereocenters. The van der Waals surface area contributed by atoms with Crippen LogP contribution in [0, 0.1) is 0 Å². The third-order valence-corrected chi connectivity index (χ3v) is 2.78. The van der Waals surface area contributed by atoms with Gasteiger partial charge in [-0.2, -0.15) is 0 Å². The molecule has 0 aliphatic heterocycles. The molecule has 0 spiro atoms. The highest BCUT2D eigenvalue weighted by molar-refractivity contribution is 5.79. The molecule has 1 atom stereocenters. The molecule has 0 aromatic heterocycles. The number of carboxylic acids is 2. The third-order valence-electron chi connectivity index (χ3n) is 2.78. The van der Waals surface area contributed by atoms with Gasteiger partial charge in [-0.25, -0.2) is 0 Å². The van der Waals surface area contributed by atoms with Crippen molar-refractivity contribution in [3.8, 4) is 0 Å². The van der Waals surface area contributed by atoms with Crippen molar-refractivity contribution in [2.75, 3.05) is 6.54 Å². The molecule has 6 heteroatoms. The molecule has 1 rings (SSSR count). The van der Waals surface area contributed by atoms with Crippen LogP contribution in [0.3, 0.4) is 0 Å². The van der Waals surface area contributed by atoms with Crippen molar-refractivity contribution in [1.82, 2.24) is 5.32 Å². The molecule has 0 fully saturated rings. The molecule has 1 amide bonds. The van der Waals surface area contributed by atoms with Gasteiger partial charge in [0.15, 0.2) is 0 Å². The SMILES string of the molecule is O=C(O)CCNC(=O)CC(CC(=O)O)c1ccccc1. The molecule has 0 bridgehead atoms. The fourth-order valence-corrected chi connectivity index (χ4v) is 1.85. The van der Waals surface area contributed by atoms with E-state index in [1.807, 2.05) is 6.07 Å². The van der Waals surface area contributed by atoms with E-state index in [9.17, 15) is 14.4 Å². The van der Waals surface area contributed by atoms with E-state index in [1.54, 1.807) is 24.3 Å². The van der Waals surface area contributed by atoms with Crippen molar-refractivity contribution in [3.63, 3.8) is 0 Å². The van der Waals surface area contributed by atoms with Crippen molar-refractivity contribution in [2.45, 2.75) is 25.2 Å². The number of nitrogens with one attached hydrogen (secondary N) is 1. The summed E-state index contributed by atoms with van der Waals surface area (Å²) < 4.78 is 0. The zero-order valence-electron chi connectivity index (χ0n) is 10.9. The maximum atomic E-state index is 11.7. The summed E-state index contributed by atoms with van der Waals surface area (Å²) in [5, 5.41) is 19.8. The largest absolute Gasteiger partial charge is 0.481 e. The number of aliphatic carboxylic acids is 2. The van der Waals surface area contributed by atoms with Gasteiger partial charge in [0.05, 0.1) is 12.8 Å². The lowest BCUT2D eigenvalue weighted by atomic mass is 9.92. The number of benzene rings is 1. The van der Waals surface area contributed by atoms with E-state index in [0.29, 0.717) is 0 Å². The highest BCUT2D eigenvalue weighted by Crippen LogP contribution is 2.23. The monoisotopic (exact) mass is 279 g/mol. The van der Waals surface area contributed by atoms with E-state index in [1.165, 1.54) is 0 Å². The van der Waals surface area contributed by atoms with Crippen LogP contribution in [0.25, 0.3) is 0 Å². The van der Waals surface area contributed by atoms with Crippen LogP contribution in [0.15, 0.2) is 30.3 Å². The van der Waals surface area contributed by atoms with Crippen LogP contribution in [0.2, 0.25) is 0 Å². The summed E-state index contributed by atoms with van der Waals surface area (Å²) in [5.41, 5.74) is 0.781. The summed E-state index contributed by atoms with van der Waals surface area (Å²) in [7, 11) is 0. The highest BCUT2D eigenvalue weighted by Gasteiger charge is 2.19. The predicted molar refractivity (Wildman–Crippen MR) is 71.3 cm³/mol. The van der Waals surface area contributed by atoms with E-state index < -0.39 is 17.9 Å². The van der Waals surface area contributed by atoms with Crippen molar-refractivity contribution >= 4 is 17.8 Å². The molecule has 1 aromatic carbocycles. The Balaban J connectivity index is 2.59. The highest BCUT2D eigenvalue weighted by atomic mass is 16.4. The number of carbonyl (C=O) groups excluding carboxylic acids is 1. The second kappa shape index (κ2) is 7.93. The van der Waals surface area contributed by atoms with Crippen LogP contribution in [-0.2, 0) is 14.4 Å². The summed E-state index contributed by atoms with van der Waals surface area (Å²) >= 11 is 0. The summed E-state index contributed by atoms with van der Waals surface area (Å²) in [6, 6.07) is 8.93. The molecular formula is C14H17NO5. The van der Waals surface area contributed by atoms with Crippen molar-refractivity contribution < 1.29 is 24.6 Å². The first-order valence-corrected chi connectivity index (χ1v) is 6.24. The average molecular weight is 279 g/mol. The predicted octanol–water partition coefficient (Wildman–Crippen LogP) is 1.23. The fraction of sp³-hybridized carbons (Fsp3) is 0.357. The molecule has 20 heavy (non-hydrogen) atoms. The molecule has 0 aliphatic rings. The lowest BCUT2D eigenvalue weighted by Crippen LogP contribution is -2.27. The molecule has 6 nitrogen and oxygen atoms in total. The molecule has 0 saturated carbocycles. The first-order valence-electron chi connectivity index (χ1n) is 6.24. The normalized spacial score (nSPS) is 11.6. The van der Waals surface area contributed by atoms with E-state index in [-0.39, 0.29) is 31.7 Å². The Morgan fingerprint density at radius 1 is 1.00 bits per heavy atom. The Morgan fingerprint density at radius 2 is 1.65 bits per heavy atom. The Kier molecular flexibility index (Phi) is 6.22. The number of hydrogen-bond donors (Lipinski definition) is 3. The number of rotatable bonds is 8. The van der Waals surface area contributed by atoms with Crippen molar-refractivity contribution in [2.24, 2.45) is 0 Å². The summed E-state index contributed by atoms with van der Waals surface area (Å²) in [4.78, 5) is 32.9. The molecule has 0 saturated heterocycles. The quantitative estimate of drug-likeness (QED) is 0.664. The molecule has 3 N–H and O–H groups in total. The summed E-state index contributed by atoms with van der Waals surface area (Å²) in [6.07, 6.45) is -0.271. The van der Waals surface area contributed by atoms with Crippen LogP contribution in [-0.4, -0.2) is 34.6 Å². The van der Waals surface area contributed by atoms with Gasteiger partial charge < -0.3 is 15.5 Å². The van der Waals surface area contributed by atoms with Crippen LogP contribution < -0.4 is 5.32 Å². The van der Waals surface area contributed by atoms with Crippen LogP contribution in [0.5, 0.6) is 0 Å². The van der Waals surface area contributed by atoms with Crippen LogP contribution in [0.1, 0.15) is 30.7 Å². The van der Waals surface area contributed by atoms with E-state index in [2.05, 4.69) is 5.32 Å². The fourth-order valence-electron chi connectivity index (χ4n) is 1.85. The van der Waals surface area contributed by atoms with Gasteiger partial charge in [0, 0.05) is 18.9 Å². The second-order valence-electron chi connectivity index (χ2n) is 4.40. The number of carbonyl (C=O) groups is 3. The van der Waals surface area contributed by atoms with E-state index in [0.717, 1.165) is 5.56 Å². The van der Waals surface area contributed by atoms with E-state index >= 15 is 0 Å². The van der Waals surface area contributed by atoms with Gasteiger partial charge in [-0.15, -0.1) is 0 Å². The maximum absolute atomic E-state index is 11.7. The number of amides is 1. The van der Waals surface area contributed by atoms with Crippen LogP contribution in [0.4, 0.5) is 0 Å². The lowest BCUT2D eigenvalue weighted by molar-refractivity contribution is -0.138. The Bertz CT molecular complexity index is 472. The Hall–Kier alpha value is -2.37. The van der Waals surface area contributed by atoms with Gasteiger partial charge in [0.1, 0.15) is 0 Å². The first kappa shape index (κ1) is 15.7. The summed E-state index contributed by atoms with van der Waals surface area (Å²) in [5.74, 6) is -2.73. The van der Waals surface area contributed by atoms with Crippen molar-refractivity contribution in [1.29, 1.82) is 0 Å². The maximum Gasteiger partial charge on any atom is 0.305 e. The first-order chi connectivity index (χ1) is 9.49. The van der Waals surface area contributed by atoms with Gasteiger partial charge in [-0.1, -0.05) is 30.3 Å². The standard InChI is InChI=1S/C14H17NO5/c16-12(15-7-6-13(17)18)8-11(9-14(19)20)10-4-2-1-3-5-10/h1-5,11H,6-9H2,(H,15,16)(H,17,18)(H,19,20). The average Bonchev–Trinajstić information content (AvgIpc) is 2.38. The molecule has 0 heterocycles. The Morgan fingerprint density at radius 3 is 2.20 bits per heavy atom. The van der Waals surface area contributed by atoms with E-state index in [4.69, 9.17) is 10.2 Å². The zero-order chi connectivity index (χ0) is 15.0. The Labute approximate surface area is 116 Å². The third kappa shape index (κ3) is 5.99. The molecule has 1 aromatic rings. The molecule has 0 aliphatic carbocycles. The minimum Gasteiger partial charge on any atom is -0.481 e. The second-order valence-corrected chi connectivity index (χ2v) is 4.40.